The lowest BCUT2D eigenvalue weighted by Crippen LogP contribution is -2.04. The van der Waals surface area contributed by atoms with Gasteiger partial charge in [-0.15, -0.1) is 11.3 Å². The number of thiazole rings is 1. The van der Waals surface area contributed by atoms with Gasteiger partial charge in [-0.05, 0) is 42.0 Å². The largest absolute Gasteiger partial charge is 0.461 e. The van der Waals surface area contributed by atoms with Gasteiger partial charge in [-0.3, -0.25) is 0 Å². The van der Waals surface area contributed by atoms with E-state index >= 15 is 0 Å². The molecule has 0 unspecified atom stereocenters. The number of halogens is 1. The molecule has 94 valence electrons. The van der Waals surface area contributed by atoms with Crippen LogP contribution in [0.1, 0.15) is 23.0 Å². The van der Waals surface area contributed by atoms with Crippen molar-refractivity contribution in [2.45, 2.75) is 13.8 Å². The maximum Gasteiger partial charge on any atom is 0.357 e. The number of nitrogens with zero attached hydrogens (tertiary/aromatic N) is 1. The molecule has 18 heavy (non-hydrogen) atoms. The van der Waals surface area contributed by atoms with Crippen LogP contribution in [0.25, 0.3) is 10.6 Å². The SMILES string of the molecule is CCOC(=O)c1csc(-c2cccc(C)c2I)n1. The monoisotopic (exact) mass is 373 g/mol. The van der Waals surface area contributed by atoms with Gasteiger partial charge in [0.05, 0.1) is 6.61 Å². The molecule has 3 nitrogen and oxygen atoms in total. The molecule has 0 spiro atoms. The number of aromatic nitrogens is 1. The molecule has 0 saturated carbocycles. The zero-order valence-corrected chi connectivity index (χ0v) is 13.0. The van der Waals surface area contributed by atoms with E-state index in [-0.39, 0.29) is 5.97 Å². The summed E-state index contributed by atoms with van der Waals surface area (Å²) in [5.74, 6) is -0.359. The lowest BCUT2D eigenvalue weighted by atomic mass is 10.1. The van der Waals surface area contributed by atoms with Crippen molar-refractivity contribution in [3.8, 4) is 10.6 Å². The van der Waals surface area contributed by atoms with Crippen LogP contribution in [-0.2, 0) is 4.74 Å². The zero-order chi connectivity index (χ0) is 13.1. The molecular weight excluding hydrogens is 361 g/mol. The molecule has 2 rings (SSSR count). The molecule has 0 atom stereocenters. The first kappa shape index (κ1) is 13.5. The standard InChI is InChI=1S/C13H12INO2S/c1-3-17-13(16)10-7-18-12(15-10)9-6-4-5-8(2)11(9)14/h4-7H,3H2,1-2H3. The van der Waals surface area contributed by atoms with E-state index in [1.807, 2.05) is 12.1 Å². The molecule has 0 amide bonds. The first-order valence-electron chi connectivity index (χ1n) is 5.51. The van der Waals surface area contributed by atoms with E-state index in [9.17, 15) is 4.79 Å². The summed E-state index contributed by atoms with van der Waals surface area (Å²) < 4.78 is 6.10. The molecule has 2 aromatic rings. The van der Waals surface area contributed by atoms with E-state index in [1.54, 1.807) is 12.3 Å². The highest BCUT2D eigenvalue weighted by atomic mass is 127. The van der Waals surface area contributed by atoms with E-state index in [0.29, 0.717) is 12.3 Å². The maximum atomic E-state index is 11.6. The Labute approximate surface area is 123 Å². The summed E-state index contributed by atoms with van der Waals surface area (Å²) in [4.78, 5) is 15.9. The Hall–Kier alpha value is -0.950. The van der Waals surface area contributed by atoms with Crippen LogP contribution in [-0.4, -0.2) is 17.6 Å². The topological polar surface area (TPSA) is 39.2 Å². The third kappa shape index (κ3) is 2.72. The third-order valence-corrected chi connectivity index (χ3v) is 4.72. The van der Waals surface area contributed by atoms with Crippen molar-refractivity contribution in [2.75, 3.05) is 6.61 Å². The summed E-state index contributed by atoms with van der Waals surface area (Å²) in [6.07, 6.45) is 0. The van der Waals surface area contributed by atoms with Gasteiger partial charge in [0.25, 0.3) is 0 Å². The minimum atomic E-state index is -0.359. The number of hydrogen-bond donors (Lipinski definition) is 0. The molecule has 0 bridgehead atoms. The number of rotatable bonds is 3. The number of ether oxygens (including phenoxy) is 1. The van der Waals surface area contributed by atoms with Crippen LogP contribution in [0, 0.1) is 10.5 Å². The van der Waals surface area contributed by atoms with Gasteiger partial charge in [-0.1, -0.05) is 18.2 Å². The number of esters is 1. The second kappa shape index (κ2) is 5.79. The number of carbonyl (C=O) groups is 1. The van der Waals surface area contributed by atoms with Gasteiger partial charge < -0.3 is 4.74 Å². The number of aryl methyl sites for hydroxylation is 1. The Balaban J connectivity index is 2.35. The highest BCUT2D eigenvalue weighted by Crippen LogP contribution is 2.30. The molecular formula is C13H12INO2S. The summed E-state index contributed by atoms with van der Waals surface area (Å²) in [6.45, 7) is 4.22. The third-order valence-electron chi connectivity index (χ3n) is 2.41. The lowest BCUT2D eigenvalue weighted by Gasteiger charge is -2.03. The van der Waals surface area contributed by atoms with Crippen LogP contribution in [0.15, 0.2) is 23.6 Å². The van der Waals surface area contributed by atoms with Crippen LogP contribution < -0.4 is 0 Å². The van der Waals surface area contributed by atoms with Crippen LogP contribution in [0.2, 0.25) is 0 Å². The predicted molar refractivity (Wildman–Crippen MR) is 81.0 cm³/mol. The summed E-state index contributed by atoms with van der Waals surface area (Å²) in [6, 6.07) is 6.08. The fraction of sp³-hybridized carbons (Fsp3) is 0.231. The van der Waals surface area contributed by atoms with Gasteiger partial charge in [-0.25, -0.2) is 9.78 Å². The molecule has 0 aliphatic rings. The van der Waals surface area contributed by atoms with Crippen molar-refractivity contribution in [1.82, 2.24) is 4.98 Å². The Bertz CT molecular complexity index is 580. The molecule has 0 radical (unpaired) electrons. The number of benzene rings is 1. The maximum absolute atomic E-state index is 11.6. The predicted octanol–water partition coefficient (Wildman–Crippen LogP) is 3.90. The fourth-order valence-corrected chi connectivity index (χ4v) is 3.13. The molecule has 0 aliphatic carbocycles. The number of hydrogen-bond acceptors (Lipinski definition) is 4. The first-order chi connectivity index (χ1) is 8.63. The molecule has 1 aromatic carbocycles. The highest BCUT2D eigenvalue weighted by molar-refractivity contribution is 14.1. The summed E-state index contributed by atoms with van der Waals surface area (Å²) >= 11 is 3.77. The zero-order valence-electron chi connectivity index (χ0n) is 10.1. The van der Waals surface area contributed by atoms with E-state index < -0.39 is 0 Å². The Kier molecular flexibility index (Phi) is 4.34. The van der Waals surface area contributed by atoms with Gasteiger partial charge in [0.2, 0.25) is 0 Å². The average Bonchev–Trinajstić information content (AvgIpc) is 2.82. The van der Waals surface area contributed by atoms with E-state index in [2.05, 4.69) is 40.6 Å². The second-order valence-corrected chi connectivity index (χ2v) is 5.63. The Morgan fingerprint density at radius 2 is 2.28 bits per heavy atom. The van der Waals surface area contributed by atoms with Crippen molar-refractivity contribution < 1.29 is 9.53 Å². The lowest BCUT2D eigenvalue weighted by molar-refractivity contribution is 0.0520. The van der Waals surface area contributed by atoms with Crippen molar-refractivity contribution in [2.24, 2.45) is 0 Å². The van der Waals surface area contributed by atoms with Gasteiger partial charge in [0, 0.05) is 14.5 Å². The number of carbonyl (C=O) groups excluding carboxylic acids is 1. The Morgan fingerprint density at radius 1 is 1.50 bits per heavy atom. The van der Waals surface area contributed by atoms with Crippen molar-refractivity contribution in [1.29, 1.82) is 0 Å². The first-order valence-corrected chi connectivity index (χ1v) is 7.47. The van der Waals surface area contributed by atoms with Crippen LogP contribution in [0.3, 0.4) is 0 Å². The van der Waals surface area contributed by atoms with E-state index in [4.69, 9.17) is 4.74 Å². The summed E-state index contributed by atoms with van der Waals surface area (Å²) in [5.41, 5.74) is 2.66. The molecule has 5 heteroatoms. The van der Waals surface area contributed by atoms with Crippen LogP contribution in [0.4, 0.5) is 0 Å². The van der Waals surface area contributed by atoms with Gasteiger partial charge in [-0.2, -0.15) is 0 Å². The van der Waals surface area contributed by atoms with Crippen molar-refractivity contribution >= 4 is 39.9 Å². The normalized spacial score (nSPS) is 10.4. The van der Waals surface area contributed by atoms with Crippen LogP contribution >= 0.6 is 33.9 Å². The fourth-order valence-electron chi connectivity index (χ4n) is 1.51. The van der Waals surface area contributed by atoms with Crippen molar-refractivity contribution in [3.05, 3.63) is 38.4 Å². The smallest absolute Gasteiger partial charge is 0.357 e. The second-order valence-electron chi connectivity index (χ2n) is 3.69. The Morgan fingerprint density at radius 3 is 3.00 bits per heavy atom. The summed E-state index contributed by atoms with van der Waals surface area (Å²) in [7, 11) is 0. The quantitative estimate of drug-likeness (QED) is 0.605. The summed E-state index contributed by atoms with van der Waals surface area (Å²) in [5, 5.41) is 2.59. The molecule has 0 saturated heterocycles. The van der Waals surface area contributed by atoms with E-state index in [0.717, 1.165) is 10.6 Å². The molecule has 1 aromatic heterocycles. The molecule has 0 aliphatic heterocycles. The van der Waals surface area contributed by atoms with Gasteiger partial charge >= 0.3 is 5.97 Å². The van der Waals surface area contributed by atoms with Gasteiger partial charge in [0.1, 0.15) is 5.01 Å². The van der Waals surface area contributed by atoms with Crippen LogP contribution in [0.5, 0.6) is 0 Å². The van der Waals surface area contributed by atoms with Gasteiger partial charge in [0.15, 0.2) is 5.69 Å². The highest BCUT2D eigenvalue weighted by Gasteiger charge is 2.14. The minimum Gasteiger partial charge on any atom is -0.461 e. The average molecular weight is 373 g/mol. The van der Waals surface area contributed by atoms with Crippen molar-refractivity contribution in [3.63, 3.8) is 0 Å². The molecule has 1 heterocycles. The molecule has 0 fully saturated rings. The molecule has 0 N–H and O–H groups in total. The minimum absolute atomic E-state index is 0.359. The van der Waals surface area contributed by atoms with E-state index in [1.165, 1.54) is 20.5 Å².